The molecule has 1 fully saturated rings. The minimum Gasteiger partial charge on any atom is -0.413 e. The van der Waals surface area contributed by atoms with Crippen molar-refractivity contribution in [2.45, 2.75) is 124 Å². The van der Waals surface area contributed by atoms with E-state index in [1.54, 1.807) is 125 Å². The number of nitrogens with one attached hydrogen (secondary N) is 4. The molecule has 92 heavy (non-hydrogen) atoms. The minimum atomic E-state index is -5.85. The molecule has 520 valence electrons. The molecular formula is C48H72F12N4O16S4Si8. The maximum atomic E-state index is 13.6. The van der Waals surface area contributed by atoms with E-state index in [0.717, 1.165) is 0 Å². The highest BCUT2D eigenvalue weighted by molar-refractivity contribution is 7.91. The van der Waals surface area contributed by atoms with Gasteiger partial charge in [-0.05, 0) is 102 Å². The van der Waals surface area contributed by atoms with Crippen LogP contribution in [-0.2, 0) is 73.0 Å². The van der Waals surface area contributed by atoms with E-state index in [-0.39, 0.29) is 70.6 Å². The number of hydrogen-bond donors (Lipinski definition) is 4. The number of alkyl halides is 12. The lowest BCUT2D eigenvalue weighted by Crippen LogP contribution is -2.85. The van der Waals surface area contributed by atoms with Gasteiger partial charge in [-0.15, -0.1) is 0 Å². The van der Waals surface area contributed by atoms with Gasteiger partial charge in [0.1, 0.15) is 0 Å². The lowest BCUT2D eigenvalue weighted by atomic mass is 10.4. The Kier molecular flexibility index (Phi) is 26.1. The number of halogens is 12. The number of hydrogen-bond acceptors (Lipinski definition) is 16. The van der Waals surface area contributed by atoms with E-state index in [2.05, 4.69) is 0 Å². The van der Waals surface area contributed by atoms with E-state index in [1.807, 2.05) is 0 Å². The van der Waals surface area contributed by atoms with Crippen molar-refractivity contribution < 1.29 is 119 Å². The molecule has 0 bridgehead atoms. The molecule has 1 aliphatic rings. The standard InChI is InChI=1S/C48H72F12N4O16S4Si8/c1-85(2,37-21-33-61-81(65,66)45(49,50)51)73-89(41-25-13-9-14-26-41)77-90(42-27-15-10-16-28-42,74-86(3,4)38-22-34-62-82(67,68)46(52,53)54)79-92(44-31-19-12-20-32-44,76-88(7,8)40-24-36-64-84(71,72)48(58,59)60)80-91(78-89,43-29-17-11-18-30-43)75-87(5,6)39-23-35-63-83(69,70)47(55,56)57/h9-20,25-32,61-64H,21-24,33-40H2,1-8H3. The Morgan fingerprint density at radius 3 is 0.609 bits per heavy atom. The summed E-state index contributed by atoms with van der Waals surface area (Å²) in [7, 11) is -60.1. The molecule has 0 unspecified atom stereocenters. The molecule has 0 amide bonds. The van der Waals surface area contributed by atoms with Gasteiger partial charge in [-0.3, -0.25) is 0 Å². The zero-order chi connectivity index (χ0) is 69.4. The highest BCUT2D eigenvalue weighted by atomic mass is 32.2. The van der Waals surface area contributed by atoms with Crippen LogP contribution in [0.3, 0.4) is 0 Å². The third kappa shape index (κ3) is 21.5. The Bertz CT molecular complexity index is 3060. The summed E-state index contributed by atoms with van der Waals surface area (Å²) in [4.78, 5) is 0. The molecule has 20 nitrogen and oxygen atoms in total. The Labute approximate surface area is 536 Å². The van der Waals surface area contributed by atoms with Crippen LogP contribution in [0.4, 0.5) is 52.7 Å². The maximum absolute atomic E-state index is 13.6. The molecule has 0 aliphatic carbocycles. The van der Waals surface area contributed by atoms with Crippen molar-refractivity contribution in [3.05, 3.63) is 121 Å². The first-order valence-corrected chi connectivity index (χ1v) is 53.3. The van der Waals surface area contributed by atoms with Crippen molar-refractivity contribution in [3.63, 3.8) is 0 Å². The molecule has 1 heterocycles. The lowest BCUT2D eigenvalue weighted by molar-refractivity contribution is -0.0453. The van der Waals surface area contributed by atoms with E-state index in [0.29, 0.717) is 0 Å². The Hall–Kier alpha value is -2.90. The predicted molar refractivity (Wildman–Crippen MR) is 336 cm³/mol. The SMILES string of the molecule is C[Si](C)(CCCNS(=O)(=O)C(F)(F)F)O[Si]1(c2ccccc2)O[Si](O[Si](C)(C)CCCNS(=O)(=O)C(F)(F)F)(c2ccccc2)O[Si](O[Si](C)(C)CCCNS(=O)(=O)C(F)(F)F)(c2ccccc2)O[Si](O[Si](C)(C)CCCNS(=O)(=O)C(F)(F)F)(c2ccccc2)O1. The first-order chi connectivity index (χ1) is 41.9. The molecular weight excluding hydrogens is 1470 g/mol. The first-order valence-electron chi connectivity index (χ1n) is 28.0. The van der Waals surface area contributed by atoms with E-state index in [9.17, 15) is 86.4 Å². The average molecular weight is 1540 g/mol. The van der Waals surface area contributed by atoms with Crippen LogP contribution < -0.4 is 39.6 Å². The fourth-order valence-corrected chi connectivity index (χ4v) is 49.0. The largest absolute Gasteiger partial charge is 0.512 e. The summed E-state index contributed by atoms with van der Waals surface area (Å²) >= 11 is 0. The van der Waals surface area contributed by atoms with Gasteiger partial charge in [0.05, 0.1) is 0 Å². The Balaban J connectivity index is 1.94. The van der Waals surface area contributed by atoms with Crippen molar-refractivity contribution in [1.29, 1.82) is 0 Å². The second kappa shape index (κ2) is 30.1. The van der Waals surface area contributed by atoms with E-state index < -0.39 is 157 Å². The highest BCUT2D eigenvalue weighted by Crippen LogP contribution is 2.41. The van der Waals surface area contributed by atoms with Crippen LogP contribution in [0, 0.1) is 0 Å². The molecule has 4 aromatic carbocycles. The smallest absolute Gasteiger partial charge is 0.413 e. The fourth-order valence-electron chi connectivity index (χ4n) is 9.10. The molecule has 0 radical (unpaired) electrons. The fraction of sp³-hybridized carbons (Fsp3) is 0.500. The van der Waals surface area contributed by atoms with Gasteiger partial charge < -0.3 is 32.9 Å². The van der Waals surface area contributed by atoms with E-state index in [1.165, 1.54) is 67.4 Å². The molecule has 0 aromatic heterocycles. The zero-order valence-corrected chi connectivity index (χ0v) is 62.0. The summed E-state index contributed by atoms with van der Waals surface area (Å²) < 4.78 is 328. The summed E-state index contributed by atoms with van der Waals surface area (Å²) in [6.45, 7) is 9.77. The Morgan fingerprint density at radius 1 is 0.315 bits per heavy atom. The van der Waals surface area contributed by atoms with Crippen molar-refractivity contribution in [2.24, 2.45) is 0 Å². The lowest BCUT2D eigenvalue weighted by Gasteiger charge is -2.54. The molecule has 1 aliphatic heterocycles. The van der Waals surface area contributed by atoms with E-state index in [4.69, 9.17) is 32.9 Å². The molecule has 0 spiro atoms. The van der Waals surface area contributed by atoms with Gasteiger partial charge in [0.15, 0.2) is 33.3 Å². The molecule has 4 aromatic rings. The summed E-state index contributed by atoms with van der Waals surface area (Å²) in [6.07, 6.45) is -1.22. The van der Waals surface area contributed by atoms with Gasteiger partial charge in [-0.2, -0.15) is 52.7 Å². The van der Waals surface area contributed by atoms with Crippen molar-refractivity contribution in [1.82, 2.24) is 18.9 Å². The summed E-state index contributed by atoms with van der Waals surface area (Å²) in [6, 6.07) is 30.3. The van der Waals surface area contributed by atoms with E-state index >= 15 is 0 Å². The van der Waals surface area contributed by atoms with Gasteiger partial charge in [-0.25, -0.2) is 52.6 Å². The van der Waals surface area contributed by atoms with Crippen LogP contribution in [0.1, 0.15) is 25.7 Å². The molecule has 0 atom stereocenters. The zero-order valence-electron chi connectivity index (χ0n) is 50.7. The number of sulfonamides is 4. The summed E-state index contributed by atoms with van der Waals surface area (Å²) in [5.41, 5.74) is -22.7. The van der Waals surface area contributed by atoms with Crippen LogP contribution in [0.2, 0.25) is 76.6 Å². The summed E-state index contributed by atoms with van der Waals surface area (Å²) in [5, 5.41) is 0.356. The average Bonchev–Trinajstić information content (AvgIpc) is 0.708. The van der Waals surface area contributed by atoms with Gasteiger partial charge in [-0.1, -0.05) is 121 Å². The molecule has 0 saturated carbocycles. The molecule has 4 N–H and O–H groups in total. The number of rotatable bonds is 32. The first kappa shape index (κ1) is 79.8. The third-order valence-electron chi connectivity index (χ3n) is 13.4. The van der Waals surface area contributed by atoms with Crippen LogP contribution in [0.15, 0.2) is 121 Å². The monoisotopic (exact) mass is 1540 g/mol. The third-order valence-corrected chi connectivity index (χ3v) is 50.3. The normalized spacial score (nSPS) is 21.6. The minimum absolute atomic E-state index is 0.0891. The van der Waals surface area contributed by atoms with Gasteiger partial charge in [0, 0.05) is 46.9 Å². The summed E-state index contributed by atoms with van der Waals surface area (Å²) in [5.74, 6) is 0. The molecule has 1 saturated heterocycles. The van der Waals surface area contributed by atoms with Crippen molar-refractivity contribution >= 4 is 129 Å². The van der Waals surface area contributed by atoms with Gasteiger partial charge >= 0.3 is 97.3 Å². The van der Waals surface area contributed by atoms with Crippen LogP contribution in [0.5, 0.6) is 0 Å². The predicted octanol–water partition coefficient (Wildman–Crippen LogP) is 7.65. The van der Waals surface area contributed by atoms with Gasteiger partial charge in [0.2, 0.25) is 0 Å². The molecule has 44 heteroatoms. The second-order valence-electron chi connectivity index (χ2n) is 23.3. The van der Waals surface area contributed by atoms with Crippen molar-refractivity contribution in [2.75, 3.05) is 26.2 Å². The van der Waals surface area contributed by atoms with Gasteiger partial charge in [0.25, 0.3) is 0 Å². The van der Waals surface area contributed by atoms with Crippen LogP contribution >= 0.6 is 0 Å². The maximum Gasteiger partial charge on any atom is 0.512 e. The molecule has 5 rings (SSSR count). The van der Waals surface area contributed by atoms with Crippen LogP contribution in [-0.4, -0.2) is 150 Å². The Morgan fingerprint density at radius 2 is 0.467 bits per heavy atom. The van der Waals surface area contributed by atoms with Crippen molar-refractivity contribution in [3.8, 4) is 0 Å². The quantitative estimate of drug-likeness (QED) is 0.0208. The highest BCUT2D eigenvalue weighted by Gasteiger charge is 2.73. The topological polar surface area (TPSA) is 259 Å². The number of benzene rings is 4. The van der Waals surface area contributed by atoms with Crippen LogP contribution in [0.25, 0.3) is 0 Å². The second-order valence-corrected chi connectivity index (χ2v) is 59.7.